The second kappa shape index (κ2) is 5.98. The summed E-state index contributed by atoms with van der Waals surface area (Å²) in [6.45, 7) is 11.7. The smallest absolute Gasteiger partial charge is 0.274 e. The van der Waals surface area contributed by atoms with Gasteiger partial charge in [0.15, 0.2) is 0 Å². The minimum Gasteiger partial charge on any atom is -0.348 e. The van der Waals surface area contributed by atoms with Gasteiger partial charge in [0.25, 0.3) is 17.4 Å². The van der Waals surface area contributed by atoms with Crippen LogP contribution in [-0.2, 0) is 0 Å². The van der Waals surface area contributed by atoms with Crippen LogP contribution in [0.4, 0.5) is 0 Å². The monoisotopic (exact) mass is 317 g/mol. The number of carbonyl (C=O) groups excluding carboxylic acids is 1. The van der Waals surface area contributed by atoms with Crippen molar-refractivity contribution in [2.45, 2.75) is 47.6 Å². The average Bonchev–Trinajstić information content (AvgIpc) is 2.78. The van der Waals surface area contributed by atoms with Crippen molar-refractivity contribution in [2.24, 2.45) is 5.41 Å². The van der Waals surface area contributed by atoms with Crippen molar-refractivity contribution in [3.05, 3.63) is 39.6 Å². The van der Waals surface area contributed by atoms with Gasteiger partial charge in [0.05, 0.1) is 0 Å². The number of hydrogen-bond donors (Lipinski definition) is 2. The molecule has 0 radical (unpaired) electrons. The van der Waals surface area contributed by atoms with Gasteiger partial charge in [-0.1, -0.05) is 20.8 Å². The molecule has 7 nitrogen and oxygen atoms in total. The summed E-state index contributed by atoms with van der Waals surface area (Å²) in [4.78, 5) is 32.9. The van der Waals surface area contributed by atoms with Crippen molar-refractivity contribution in [1.82, 2.24) is 25.1 Å². The van der Waals surface area contributed by atoms with Crippen LogP contribution in [-0.4, -0.2) is 31.7 Å². The average molecular weight is 317 g/mol. The standard InChI is InChI=1S/C16H23N5O2/c1-9-7-10(2)18-15(17-9)21-13(22)8-12(20-21)14(23)19-11(3)16(4,5)6/h7-8,11,20H,1-6H3,(H,19,23). The van der Waals surface area contributed by atoms with Crippen molar-refractivity contribution < 1.29 is 4.79 Å². The SMILES string of the molecule is Cc1cc(C)nc(-n2[nH]c(C(=O)NC(C)C(C)(C)C)cc2=O)n1. The molecule has 0 saturated heterocycles. The molecule has 0 aliphatic carbocycles. The van der Waals surface area contributed by atoms with Crippen molar-refractivity contribution in [3.8, 4) is 5.95 Å². The molecule has 0 spiro atoms. The lowest BCUT2D eigenvalue weighted by Gasteiger charge is -2.27. The van der Waals surface area contributed by atoms with Gasteiger partial charge in [-0.15, -0.1) is 0 Å². The predicted octanol–water partition coefficient (Wildman–Crippen LogP) is 1.74. The number of nitrogens with one attached hydrogen (secondary N) is 2. The Morgan fingerprint density at radius 2 is 1.78 bits per heavy atom. The van der Waals surface area contributed by atoms with Gasteiger partial charge >= 0.3 is 0 Å². The molecule has 1 amide bonds. The highest BCUT2D eigenvalue weighted by atomic mass is 16.2. The van der Waals surface area contributed by atoms with Gasteiger partial charge in [-0.05, 0) is 32.3 Å². The molecule has 2 heterocycles. The maximum Gasteiger partial charge on any atom is 0.274 e. The molecule has 1 unspecified atom stereocenters. The van der Waals surface area contributed by atoms with Crippen molar-refractivity contribution in [1.29, 1.82) is 0 Å². The van der Waals surface area contributed by atoms with Gasteiger partial charge in [-0.3, -0.25) is 14.7 Å². The molecule has 0 aliphatic rings. The number of carbonyl (C=O) groups is 1. The molecule has 2 rings (SSSR count). The van der Waals surface area contributed by atoms with Crippen LogP contribution in [0.5, 0.6) is 0 Å². The van der Waals surface area contributed by atoms with Crippen LogP contribution in [0.2, 0.25) is 0 Å². The van der Waals surface area contributed by atoms with E-state index in [1.807, 2.05) is 47.6 Å². The summed E-state index contributed by atoms with van der Waals surface area (Å²) in [5.41, 5.74) is 1.25. The molecular weight excluding hydrogens is 294 g/mol. The van der Waals surface area contributed by atoms with Gasteiger partial charge in [0.2, 0.25) is 0 Å². The number of hydrogen-bond acceptors (Lipinski definition) is 4. The second-order valence-electron chi connectivity index (χ2n) is 6.86. The van der Waals surface area contributed by atoms with E-state index in [9.17, 15) is 9.59 Å². The van der Waals surface area contributed by atoms with Crippen LogP contribution in [0, 0.1) is 19.3 Å². The number of aromatic nitrogens is 4. The fourth-order valence-electron chi connectivity index (χ4n) is 1.96. The molecular formula is C16H23N5O2. The fraction of sp³-hybridized carbons (Fsp3) is 0.500. The van der Waals surface area contributed by atoms with E-state index in [1.165, 1.54) is 10.7 Å². The summed E-state index contributed by atoms with van der Waals surface area (Å²) in [5.74, 6) is -0.0944. The van der Waals surface area contributed by atoms with Crippen molar-refractivity contribution in [2.75, 3.05) is 0 Å². The van der Waals surface area contributed by atoms with Crippen LogP contribution in [0.1, 0.15) is 49.6 Å². The number of rotatable bonds is 3. The molecule has 2 N–H and O–H groups in total. The molecule has 2 aromatic heterocycles. The van der Waals surface area contributed by atoms with Crippen LogP contribution in [0.15, 0.2) is 16.9 Å². The molecule has 0 saturated carbocycles. The highest BCUT2D eigenvalue weighted by Crippen LogP contribution is 2.18. The van der Waals surface area contributed by atoms with Gasteiger partial charge < -0.3 is 5.32 Å². The Bertz CT molecular complexity index is 762. The Morgan fingerprint density at radius 3 is 2.30 bits per heavy atom. The van der Waals surface area contributed by atoms with Crippen LogP contribution in [0.3, 0.4) is 0 Å². The van der Waals surface area contributed by atoms with E-state index in [1.54, 1.807) is 0 Å². The third-order valence-electron chi connectivity index (χ3n) is 3.78. The van der Waals surface area contributed by atoms with E-state index >= 15 is 0 Å². The van der Waals surface area contributed by atoms with Gasteiger partial charge in [0.1, 0.15) is 5.69 Å². The number of aryl methyl sites for hydroxylation is 2. The number of amides is 1. The zero-order valence-electron chi connectivity index (χ0n) is 14.4. The highest BCUT2D eigenvalue weighted by Gasteiger charge is 2.23. The van der Waals surface area contributed by atoms with E-state index < -0.39 is 0 Å². The molecule has 1 atom stereocenters. The minimum atomic E-state index is -0.372. The first-order valence-corrected chi connectivity index (χ1v) is 7.53. The third kappa shape index (κ3) is 3.85. The zero-order chi connectivity index (χ0) is 17.4. The normalized spacial score (nSPS) is 13.0. The Labute approximate surface area is 135 Å². The molecule has 0 aromatic carbocycles. The van der Waals surface area contributed by atoms with Crippen molar-refractivity contribution in [3.63, 3.8) is 0 Å². The number of nitrogens with zero attached hydrogens (tertiary/aromatic N) is 3. The van der Waals surface area contributed by atoms with E-state index in [4.69, 9.17) is 0 Å². The highest BCUT2D eigenvalue weighted by molar-refractivity contribution is 5.92. The van der Waals surface area contributed by atoms with Gasteiger partial charge in [0, 0.05) is 23.5 Å². The molecule has 0 bridgehead atoms. The lowest BCUT2D eigenvalue weighted by atomic mass is 9.88. The summed E-state index contributed by atoms with van der Waals surface area (Å²) in [7, 11) is 0. The lowest BCUT2D eigenvalue weighted by Crippen LogP contribution is -2.41. The second-order valence-corrected chi connectivity index (χ2v) is 6.86. The molecule has 7 heteroatoms. The minimum absolute atomic E-state index is 0.0423. The predicted molar refractivity (Wildman–Crippen MR) is 87.8 cm³/mol. The Balaban J connectivity index is 2.31. The Kier molecular flexibility index (Phi) is 4.40. The van der Waals surface area contributed by atoms with Gasteiger partial charge in [-0.25, -0.2) is 9.97 Å². The summed E-state index contributed by atoms with van der Waals surface area (Å²) in [5, 5.41) is 5.66. The summed E-state index contributed by atoms with van der Waals surface area (Å²) < 4.78 is 1.18. The third-order valence-corrected chi connectivity index (χ3v) is 3.78. The maximum absolute atomic E-state index is 12.3. The van der Waals surface area contributed by atoms with Gasteiger partial charge in [-0.2, -0.15) is 4.68 Å². The van der Waals surface area contributed by atoms with E-state index in [0.29, 0.717) is 0 Å². The Hall–Kier alpha value is -2.44. The zero-order valence-corrected chi connectivity index (χ0v) is 14.4. The molecule has 0 aliphatic heterocycles. The Morgan fingerprint density at radius 1 is 1.22 bits per heavy atom. The molecule has 0 fully saturated rings. The van der Waals surface area contributed by atoms with E-state index in [-0.39, 0.29) is 34.6 Å². The van der Waals surface area contributed by atoms with Crippen LogP contribution < -0.4 is 10.9 Å². The van der Waals surface area contributed by atoms with Crippen molar-refractivity contribution >= 4 is 5.91 Å². The quantitative estimate of drug-likeness (QED) is 0.902. The lowest BCUT2D eigenvalue weighted by molar-refractivity contribution is 0.0904. The largest absolute Gasteiger partial charge is 0.348 e. The molecule has 2 aromatic rings. The topological polar surface area (TPSA) is 92.7 Å². The fourth-order valence-corrected chi connectivity index (χ4v) is 1.96. The number of H-pyrrole nitrogens is 1. The molecule has 124 valence electrons. The first-order valence-electron chi connectivity index (χ1n) is 7.53. The van der Waals surface area contributed by atoms with Crippen LogP contribution in [0.25, 0.3) is 5.95 Å². The first kappa shape index (κ1) is 16.9. The molecule has 23 heavy (non-hydrogen) atoms. The number of aromatic amines is 1. The van der Waals surface area contributed by atoms with Crippen LogP contribution >= 0.6 is 0 Å². The summed E-state index contributed by atoms with van der Waals surface area (Å²) in [6.07, 6.45) is 0. The summed E-state index contributed by atoms with van der Waals surface area (Å²) >= 11 is 0. The maximum atomic E-state index is 12.3. The summed E-state index contributed by atoms with van der Waals surface area (Å²) in [6, 6.07) is 3.03. The first-order chi connectivity index (χ1) is 10.6. The van der Waals surface area contributed by atoms with E-state index in [2.05, 4.69) is 20.4 Å². The van der Waals surface area contributed by atoms with E-state index in [0.717, 1.165) is 11.4 Å².